The van der Waals surface area contributed by atoms with E-state index in [-0.39, 0.29) is 24.6 Å². The predicted molar refractivity (Wildman–Crippen MR) is 110 cm³/mol. The molecular formula is C23H23F3N2O2. The molecule has 2 aliphatic heterocycles. The number of hydrogen-bond donors (Lipinski definition) is 0. The van der Waals surface area contributed by atoms with Gasteiger partial charge in [-0.1, -0.05) is 29.8 Å². The minimum atomic E-state index is -4.50. The fourth-order valence-corrected chi connectivity index (χ4v) is 4.14. The number of hydrogen-bond acceptors (Lipinski definition) is 4. The summed E-state index contributed by atoms with van der Waals surface area (Å²) in [5, 5.41) is 0. The molecular weight excluding hydrogens is 393 g/mol. The summed E-state index contributed by atoms with van der Waals surface area (Å²) in [5.41, 5.74) is 3.31. The van der Waals surface area contributed by atoms with Crippen molar-refractivity contribution < 1.29 is 22.6 Å². The molecule has 4 nitrogen and oxygen atoms in total. The number of amidine groups is 1. The van der Waals surface area contributed by atoms with Gasteiger partial charge in [0.15, 0.2) is 0 Å². The first kappa shape index (κ1) is 20.5. The van der Waals surface area contributed by atoms with Crippen molar-refractivity contribution in [3.05, 3.63) is 69.9 Å². The van der Waals surface area contributed by atoms with Crippen LogP contribution in [0.15, 0.2) is 52.7 Å². The lowest BCUT2D eigenvalue weighted by Gasteiger charge is -2.33. The smallest absolute Gasteiger partial charge is 0.431 e. The number of alkyl halides is 3. The first-order valence-electron chi connectivity index (χ1n) is 9.68. The Kier molecular flexibility index (Phi) is 5.10. The summed E-state index contributed by atoms with van der Waals surface area (Å²) >= 11 is 0. The highest BCUT2D eigenvalue weighted by molar-refractivity contribution is 6.04. The first-order chi connectivity index (χ1) is 14.2. The fraction of sp³-hybridized carbons (Fsp3) is 0.348. The topological polar surface area (TPSA) is 34.1 Å². The maximum absolute atomic E-state index is 14.0. The number of aliphatic imine (C=N–C) groups is 1. The summed E-state index contributed by atoms with van der Waals surface area (Å²) < 4.78 is 53.8. The van der Waals surface area contributed by atoms with Crippen molar-refractivity contribution in [3.63, 3.8) is 0 Å². The number of halogens is 3. The van der Waals surface area contributed by atoms with Gasteiger partial charge < -0.3 is 9.47 Å². The number of methoxy groups -OCH3 is 1. The SMILES string of the molecule is COc1cccc([C@H]2OCC3=NCC(C)=C(C(F)(F)F)N3c3ccc(C)cc32)c1C. The van der Waals surface area contributed by atoms with Gasteiger partial charge in [-0.3, -0.25) is 9.89 Å². The Balaban J connectivity index is 1.95. The van der Waals surface area contributed by atoms with Crippen molar-refractivity contribution >= 4 is 11.5 Å². The van der Waals surface area contributed by atoms with Crippen LogP contribution in [-0.4, -0.2) is 32.3 Å². The molecule has 0 saturated heterocycles. The number of fused-ring (bicyclic) bond motifs is 3. The average Bonchev–Trinajstić information content (AvgIpc) is 2.84. The van der Waals surface area contributed by atoms with E-state index in [0.29, 0.717) is 17.0 Å². The van der Waals surface area contributed by atoms with Crippen LogP contribution in [0.2, 0.25) is 0 Å². The van der Waals surface area contributed by atoms with E-state index in [1.54, 1.807) is 13.2 Å². The summed E-state index contributed by atoms with van der Waals surface area (Å²) in [4.78, 5) is 5.62. The van der Waals surface area contributed by atoms with Crippen LogP contribution in [0.5, 0.6) is 5.75 Å². The summed E-state index contributed by atoms with van der Waals surface area (Å²) in [7, 11) is 1.59. The lowest BCUT2D eigenvalue weighted by Crippen LogP contribution is -2.42. The number of ether oxygens (including phenoxy) is 2. The molecule has 2 aromatic carbocycles. The van der Waals surface area contributed by atoms with Crippen LogP contribution in [0.3, 0.4) is 0 Å². The van der Waals surface area contributed by atoms with E-state index in [4.69, 9.17) is 9.47 Å². The molecule has 0 saturated carbocycles. The maximum Gasteiger partial charge on any atom is 0.431 e. The van der Waals surface area contributed by atoms with E-state index in [2.05, 4.69) is 4.99 Å². The molecule has 30 heavy (non-hydrogen) atoms. The molecule has 0 aliphatic carbocycles. The maximum atomic E-state index is 14.0. The first-order valence-corrected chi connectivity index (χ1v) is 9.68. The normalized spacial score (nSPS) is 19.1. The molecule has 2 heterocycles. The van der Waals surface area contributed by atoms with Crippen molar-refractivity contribution in [1.82, 2.24) is 0 Å². The monoisotopic (exact) mass is 416 g/mol. The van der Waals surface area contributed by atoms with Gasteiger partial charge in [0.1, 0.15) is 30.0 Å². The van der Waals surface area contributed by atoms with E-state index < -0.39 is 18.0 Å². The average molecular weight is 416 g/mol. The zero-order valence-electron chi connectivity index (χ0n) is 17.3. The standard InChI is InChI=1S/C23H23F3N2O2/c1-13-8-9-18-17(10-13)21(16-6-5-7-19(29-4)15(16)3)30-12-20-27-11-14(2)22(28(18)20)23(24,25)26/h5-10,21H,11-12H2,1-4H3/t21-/m1/s1. The van der Waals surface area contributed by atoms with Gasteiger partial charge in [-0.2, -0.15) is 13.2 Å². The minimum Gasteiger partial charge on any atom is -0.496 e. The summed E-state index contributed by atoms with van der Waals surface area (Å²) in [6.07, 6.45) is -5.04. The van der Waals surface area contributed by atoms with Crippen LogP contribution >= 0.6 is 0 Å². The number of allylic oxidation sites excluding steroid dienone is 1. The van der Waals surface area contributed by atoms with Gasteiger partial charge in [0, 0.05) is 5.56 Å². The van der Waals surface area contributed by atoms with Gasteiger partial charge in [-0.15, -0.1) is 0 Å². The molecule has 0 unspecified atom stereocenters. The second-order valence-corrected chi connectivity index (χ2v) is 7.62. The Labute approximate surface area is 173 Å². The van der Waals surface area contributed by atoms with Crippen molar-refractivity contribution in [2.24, 2.45) is 4.99 Å². The highest BCUT2D eigenvalue weighted by Gasteiger charge is 2.45. The molecule has 4 rings (SSSR count). The molecule has 0 bridgehead atoms. The lowest BCUT2D eigenvalue weighted by atomic mass is 9.94. The van der Waals surface area contributed by atoms with Gasteiger partial charge >= 0.3 is 6.18 Å². The molecule has 7 heteroatoms. The minimum absolute atomic E-state index is 0.00802. The summed E-state index contributed by atoms with van der Waals surface area (Å²) in [5.74, 6) is 0.970. The Morgan fingerprint density at radius 1 is 1.10 bits per heavy atom. The van der Waals surface area contributed by atoms with Crippen molar-refractivity contribution in [3.8, 4) is 5.75 Å². The van der Waals surface area contributed by atoms with Crippen molar-refractivity contribution in [1.29, 1.82) is 0 Å². The predicted octanol–water partition coefficient (Wildman–Crippen LogP) is 5.49. The summed E-state index contributed by atoms with van der Waals surface area (Å²) in [6.45, 7) is 5.30. The van der Waals surface area contributed by atoms with Crippen LogP contribution in [0.4, 0.5) is 18.9 Å². The zero-order chi connectivity index (χ0) is 21.6. The Hall–Kier alpha value is -2.80. The number of nitrogens with zero attached hydrogens (tertiary/aromatic N) is 2. The fourth-order valence-electron chi connectivity index (χ4n) is 4.14. The van der Waals surface area contributed by atoms with Gasteiger partial charge in [0.25, 0.3) is 0 Å². The zero-order valence-corrected chi connectivity index (χ0v) is 17.3. The second kappa shape index (κ2) is 7.47. The molecule has 0 N–H and O–H groups in total. The van der Waals surface area contributed by atoms with Crippen LogP contribution in [-0.2, 0) is 4.74 Å². The van der Waals surface area contributed by atoms with Gasteiger partial charge in [0.2, 0.25) is 0 Å². The molecule has 0 fully saturated rings. The molecule has 1 atom stereocenters. The van der Waals surface area contributed by atoms with E-state index in [1.807, 2.05) is 44.2 Å². The Morgan fingerprint density at radius 2 is 1.87 bits per heavy atom. The molecule has 0 radical (unpaired) electrons. The quantitative estimate of drug-likeness (QED) is 0.650. The van der Waals surface area contributed by atoms with Crippen molar-refractivity contribution in [2.45, 2.75) is 33.1 Å². The molecule has 0 amide bonds. The summed E-state index contributed by atoms with van der Waals surface area (Å²) in [6, 6.07) is 11.1. The number of benzene rings is 2. The number of anilines is 1. The second-order valence-electron chi connectivity index (χ2n) is 7.62. The van der Waals surface area contributed by atoms with Gasteiger partial charge in [-0.05, 0) is 49.6 Å². The van der Waals surface area contributed by atoms with Crippen LogP contribution in [0, 0.1) is 13.8 Å². The lowest BCUT2D eigenvalue weighted by molar-refractivity contribution is -0.0932. The third-order valence-corrected chi connectivity index (χ3v) is 5.57. The Bertz CT molecular complexity index is 1060. The molecule has 158 valence electrons. The van der Waals surface area contributed by atoms with Gasteiger partial charge in [-0.25, -0.2) is 0 Å². The largest absolute Gasteiger partial charge is 0.496 e. The van der Waals surface area contributed by atoms with E-state index in [0.717, 1.165) is 16.7 Å². The Morgan fingerprint density at radius 3 is 2.57 bits per heavy atom. The van der Waals surface area contributed by atoms with Gasteiger partial charge in [0.05, 0.1) is 19.3 Å². The van der Waals surface area contributed by atoms with Crippen molar-refractivity contribution in [2.75, 3.05) is 25.2 Å². The van der Waals surface area contributed by atoms with E-state index in [9.17, 15) is 13.2 Å². The molecule has 0 aromatic heterocycles. The van der Waals surface area contributed by atoms with Crippen LogP contribution in [0.25, 0.3) is 0 Å². The molecule has 0 spiro atoms. The highest BCUT2D eigenvalue weighted by atomic mass is 19.4. The third-order valence-electron chi connectivity index (χ3n) is 5.57. The molecule has 2 aliphatic rings. The molecule has 2 aromatic rings. The third kappa shape index (κ3) is 3.37. The van der Waals surface area contributed by atoms with Crippen LogP contribution < -0.4 is 9.64 Å². The number of rotatable bonds is 2. The van der Waals surface area contributed by atoms with E-state index >= 15 is 0 Å². The highest BCUT2D eigenvalue weighted by Crippen LogP contribution is 2.44. The number of aryl methyl sites for hydroxylation is 1. The van der Waals surface area contributed by atoms with E-state index in [1.165, 1.54) is 11.8 Å². The van der Waals surface area contributed by atoms with Crippen LogP contribution in [0.1, 0.15) is 35.3 Å².